The molecule has 0 radical (unpaired) electrons. The molecule has 0 aromatic heterocycles. The fraction of sp³-hybridized carbons (Fsp3) is 0.222. The molecule has 0 bridgehead atoms. The highest BCUT2D eigenvalue weighted by Gasteiger charge is 2.07. The Balaban J connectivity index is 1.43. The fourth-order valence-corrected chi connectivity index (χ4v) is 3.05. The van der Waals surface area contributed by atoms with Crippen molar-refractivity contribution in [3.63, 3.8) is 0 Å². The van der Waals surface area contributed by atoms with Crippen LogP contribution in [-0.4, -0.2) is 24.6 Å². The molecule has 0 fully saturated rings. The average Bonchev–Trinajstić information content (AvgIpc) is 2.84. The second kappa shape index (κ2) is 12.8. The Morgan fingerprint density at radius 2 is 1.59 bits per heavy atom. The zero-order chi connectivity index (χ0) is 24.2. The molecule has 0 unspecified atom stereocenters. The van der Waals surface area contributed by atoms with Gasteiger partial charge in [-0.25, -0.2) is 5.43 Å². The van der Waals surface area contributed by atoms with Gasteiger partial charge in [0.2, 0.25) is 11.8 Å². The van der Waals surface area contributed by atoms with Crippen molar-refractivity contribution in [3.8, 4) is 11.5 Å². The van der Waals surface area contributed by atoms with Crippen LogP contribution >= 0.6 is 0 Å². The van der Waals surface area contributed by atoms with Gasteiger partial charge >= 0.3 is 0 Å². The zero-order valence-corrected chi connectivity index (χ0v) is 19.4. The molecule has 176 valence electrons. The van der Waals surface area contributed by atoms with E-state index >= 15 is 0 Å². The number of carbonyl (C=O) groups excluding carboxylic acids is 2. The normalized spacial score (nSPS) is 10.6. The average molecular weight is 460 g/mol. The van der Waals surface area contributed by atoms with Crippen molar-refractivity contribution >= 4 is 23.7 Å². The van der Waals surface area contributed by atoms with E-state index in [0.717, 1.165) is 16.9 Å². The molecule has 2 N–H and O–H groups in total. The second-order valence-corrected chi connectivity index (χ2v) is 7.61. The van der Waals surface area contributed by atoms with Crippen LogP contribution in [-0.2, 0) is 16.2 Å². The summed E-state index contributed by atoms with van der Waals surface area (Å²) in [5.74, 6) is 0.796. The molecule has 34 heavy (non-hydrogen) atoms. The molecule has 0 spiro atoms. The van der Waals surface area contributed by atoms with Crippen LogP contribution < -0.4 is 20.2 Å². The monoisotopic (exact) mass is 459 g/mol. The van der Waals surface area contributed by atoms with Crippen LogP contribution in [0.15, 0.2) is 77.9 Å². The summed E-state index contributed by atoms with van der Waals surface area (Å²) in [5, 5.41) is 6.76. The van der Waals surface area contributed by atoms with Gasteiger partial charge in [-0.15, -0.1) is 0 Å². The summed E-state index contributed by atoms with van der Waals surface area (Å²) >= 11 is 0. The summed E-state index contributed by atoms with van der Waals surface area (Å²) < 4.78 is 11.3. The van der Waals surface area contributed by atoms with Gasteiger partial charge in [-0.05, 0) is 55.8 Å². The zero-order valence-electron chi connectivity index (χ0n) is 19.4. The number of anilines is 1. The van der Waals surface area contributed by atoms with Crippen molar-refractivity contribution in [2.75, 3.05) is 11.9 Å². The largest absolute Gasteiger partial charge is 0.494 e. The molecule has 0 aliphatic carbocycles. The minimum Gasteiger partial charge on any atom is -0.494 e. The lowest BCUT2D eigenvalue weighted by Crippen LogP contribution is -2.20. The molecular weight excluding hydrogens is 430 g/mol. The first kappa shape index (κ1) is 24.5. The predicted molar refractivity (Wildman–Crippen MR) is 133 cm³/mol. The molecule has 3 rings (SSSR count). The second-order valence-electron chi connectivity index (χ2n) is 7.61. The number of benzene rings is 3. The van der Waals surface area contributed by atoms with Gasteiger partial charge in [0, 0.05) is 24.1 Å². The first-order chi connectivity index (χ1) is 16.5. The number of nitrogens with zero attached hydrogens (tertiary/aromatic N) is 1. The van der Waals surface area contributed by atoms with E-state index in [0.29, 0.717) is 24.7 Å². The van der Waals surface area contributed by atoms with Gasteiger partial charge in [-0.1, -0.05) is 42.0 Å². The summed E-state index contributed by atoms with van der Waals surface area (Å²) in [6.07, 6.45) is 1.60. The Morgan fingerprint density at radius 3 is 2.32 bits per heavy atom. The van der Waals surface area contributed by atoms with Crippen LogP contribution in [0.2, 0.25) is 0 Å². The quantitative estimate of drug-likeness (QED) is 0.317. The minimum absolute atomic E-state index is 0.0196. The number of carbonyl (C=O) groups is 2. The maximum Gasteiger partial charge on any atom is 0.240 e. The van der Waals surface area contributed by atoms with Crippen LogP contribution in [0, 0.1) is 6.92 Å². The highest BCUT2D eigenvalue weighted by atomic mass is 16.5. The standard InChI is InChI=1S/C27H29N3O4/c1-3-33-24-14-12-23(13-15-24)29-26(31)16-17-27(32)30-28-18-22-6-4-5-7-25(22)34-19-21-10-8-20(2)9-11-21/h4-15,18H,3,16-17,19H2,1-2H3,(H,29,31)(H,30,32). The number of hydrogen-bond acceptors (Lipinski definition) is 5. The predicted octanol–water partition coefficient (Wildman–Crippen LogP) is 4.84. The van der Waals surface area contributed by atoms with Crippen LogP contribution in [0.4, 0.5) is 5.69 Å². The van der Waals surface area contributed by atoms with E-state index in [2.05, 4.69) is 15.8 Å². The highest BCUT2D eigenvalue weighted by molar-refractivity contribution is 5.93. The molecule has 0 aliphatic heterocycles. The minimum atomic E-state index is -0.351. The van der Waals surface area contributed by atoms with Crippen molar-refractivity contribution in [1.29, 1.82) is 0 Å². The van der Waals surface area contributed by atoms with Crippen molar-refractivity contribution in [3.05, 3.63) is 89.5 Å². The molecule has 3 aromatic carbocycles. The lowest BCUT2D eigenvalue weighted by Gasteiger charge is -2.09. The van der Waals surface area contributed by atoms with Crippen LogP contribution in [0.5, 0.6) is 11.5 Å². The number of rotatable bonds is 11. The molecule has 7 nitrogen and oxygen atoms in total. The number of aryl methyl sites for hydroxylation is 1. The van der Waals surface area contributed by atoms with E-state index in [1.165, 1.54) is 11.8 Å². The molecular formula is C27H29N3O4. The Labute approximate surface area is 199 Å². The molecule has 2 amide bonds. The maximum atomic E-state index is 12.1. The number of hydrogen-bond donors (Lipinski definition) is 2. The summed E-state index contributed by atoms with van der Waals surface area (Å²) in [7, 11) is 0. The van der Waals surface area contributed by atoms with Crippen molar-refractivity contribution in [2.45, 2.75) is 33.3 Å². The number of para-hydroxylation sites is 1. The summed E-state index contributed by atoms with van der Waals surface area (Å²) in [4.78, 5) is 24.2. The Kier molecular flexibility index (Phi) is 9.22. The van der Waals surface area contributed by atoms with Crippen LogP contribution in [0.3, 0.4) is 0 Å². The van der Waals surface area contributed by atoms with E-state index in [9.17, 15) is 9.59 Å². The first-order valence-corrected chi connectivity index (χ1v) is 11.2. The Morgan fingerprint density at radius 1 is 0.882 bits per heavy atom. The molecule has 0 heterocycles. The lowest BCUT2D eigenvalue weighted by atomic mass is 10.1. The van der Waals surface area contributed by atoms with Gasteiger partial charge in [-0.2, -0.15) is 5.10 Å². The van der Waals surface area contributed by atoms with Crippen LogP contribution in [0.1, 0.15) is 36.5 Å². The summed E-state index contributed by atoms with van der Waals surface area (Å²) in [6, 6.07) is 22.7. The Bertz CT molecular complexity index is 1110. The maximum absolute atomic E-state index is 12.1. The molecule has 3 aromatic rings. The van der Waals surface area contributed by atoms with Crippen molar-refractivity contribution < 1.29 is 19.1 Å². The van der Waals surface area contributed by atoms with E-state index < -0.39 is 0 Å². The number of ether oxygens (including phenoxy) is 2. The first-order valence-electron chi connectivity index (χ1n) is 11.2. The number of nitrogens with one attached hydrogen (secondary N) is 2. The van der Waals surface area contributed by atoms with Crippen molar-refractivity contribution in [2.24, 2.45) is 5.10 Å². The van der Waals surface area contributed by atoms with E-state index in [4.69, 9.17) is 9.47 Å². The van der Waals surface area contributed by atoms with E-state index in [1.807, 2.05) is 62.4 Å². The Hall–Kier alpha value is -4.13. The number of amides is 2. The smallest absolute Gasteiger partial charge is 0.240 e. The fourth-order valence-electron chi connectivity index (χ4n) is 3.05. The molecule has 0 saturated carbocycles. The topological polar surface area (TPSA) is 89.0 Å². The SMILES string of the molecule is CCOc1ccc(NC(=O)CCC(=O)NN=Cc2ccccc2OCc2ccc(C)cc2)cc1. The molecule has 0 aliphatic rings. The third kappa shape index (κ3) is 8.09. The van der Waals surface area contributed by atoms with Gasteiger partial charge < -0.3 is 14.8 Å². The van der Waals surface area contributed by atoms with Gasteiger partial charge in [0.05, 0.1) is 12.8 Å². The van der Waals surface area contributed by atoms with E-state index in [1.54, 1.807) is 24.3 Å². The summed E-state index contributed by atoms with van der Waals surface area (Å²) in [5.41, 5.74) is 6.10. The third-order valence-corrected chi connectivity index (χ3v) is 4.86. The van der Waals surface area contributed by atoms with Gasteiger partial charge in [0.25, 0.3) is 0 Å². The third-order valence-electron chi connectivity index (χ3n) is 4.86. The molecule has 7 heteroatoms. The van der Waals surface area contributed by atoms with E-state index in [-0.39, 0.29) is 24.7 Å². The van der Waals surface area contributed by atoms with Gasteiger partial charge in [-0.3, -0.25) is 9.59 Å². The summed E-state index contributed by atoms with van der Waals surface area (Å²) in [6.45, 7) is 4.96. The van der Waals surface area contributed by atoms with Crippen LogP contribution in [0.25, 0.3) is 0 Å². The molecule has 0 saturated heterocycles. The number of hydrazone groups is 1. The van der Waals surface area contributed by atoms with Crippen molar-refractivity contribution in [1.82, 2.24) is 5.43 Å². The molecule has 0 atom stereocenters. The highest BCUT2D eigenvalue weighted by Crippen LogP contribution is 2.18. The van der Waals surface area contributed by atoms with Gasteiger partial charge in [0.15, 0.2) is 0 Å². The lowest BCUT2D eigenvalue weighted by molar-refractivity contribution is -0.124. The van der Waals surface area contributed by atoms with Gasteiger partial charge in [0.1, 0.15) is 18.1 Å².